The highest BCUT2D eigenvalue weighted by Gasteiger charge is 2.42. The average molecular weight is 926 g/mol. The van der Waals surface area contributed by atoms with Crippen molar-refractivity contribution in [1.82, 2.24) is 49.7 Å². The Balaban J connectivity index is 0.000000171. The number of benzene rings is 2. The van der Waals surface area contributed by atoms with Gasteiger partial charge in [-0.25, -0.2) is 24.7 Å². The van der Waals surface area contributed by atoms with Crippen LogP contribution in [0.3, 0.4) is 0 Å². The Kier molecular flexibility index (Phi) is 12.7. The monoisotopic (exact) mass is 925 g/mol. The van der Waals surface area contributed by atoms with Gasteiger partial charge in [0.05, 0.1) is 53.2 Å². The normalized spacial score (nSPS) is 17.9. The van der Waals surface area contributed by atoms with Gasteiger partial charge in [0.2, 0.25) is 0 Å². The zero-order chi connectivity index (χ0) is 47.7. The average Bonchev–Trinajstić information content (AvgIpc) is 4.10. The van der Waals surface area contributed by atoms with Crippen molar-refractivity contribution in [2.45, 2.75) is 89.1 Å². The highest BCUT2D eigenvalue weighted by Crippen LogP contribution is 2.35. The Morgan fingerprint density at radius 2 is 1.34 bits per heavy atom. The molecule has 3 amide bonds. The van der Waals surface area contributed by atoms with E-state index >= 15 is 0 Å². The molecule has 21 nitrogen and oxygen atoms in total. The molecule has 21 heteroatoms. The number of anilines is 4. The van der Waals surface area contributed by atoms with Gasteiger partial charge in [-0.05, 0) is 71.4 Å². The maximum absolute atomic E-state index is 12.8. The van der Waals surface area contributed by atoms with E-state index in [9.17, 15) is 19.5 Å². The molecule has 68 heavy (non-hydrogen) atoms. The van der Waals surface area contributed by atoms with Crippen molar-refractivity contribution in [3.05, 3.63) is 72.8 Å². The van der Waals surface area contributed by atoms with Crippen LogP contribution < -0.4 is 30.5 Å². The summed E-state index contributed by atoms with van der Waals surface area (Å²) >= 11 is 0. The van der Waals surface area contributed by atoms with E-state index in [0.29, 0.717) is 46.9 Å². The highest BCUT2D eigenvalue weighted by atomic mass is 16.6. The molecule has 6 heterocycles. The third kappa shape index (κ3) is 10.8. The van der Waals surface area contributed by atoms with E-state index in [4.69, 9.17) is 14.7 Å². The lowest BCUT2D eigenvalue weighted by molar-refractivity contribution is 0.0158. The lowest BCUT2D eigenvalue weighted by Gasteiger charge is -2.31. The minimum absolute atomic E-state index is 0.0440. The van der Waals surface area contributed by atoms with Crippen molar-refractivity contribution in [2.24, 2.45) is 14.1 Å². The van der Waals surface area contributed by atoms with Crippen molar-refractivity contribution < 1.29 is 29.0 Å². The second kappa shape index (κ2) is 18.9. The summed E-state index contributed by atoms with van der Waals surface area (Å²) in [4.78, 5) is 62.1. The van der Waals surface area contributed by atoms with Crippen LogP contribution in [0.25, 0.3) is 21.8 Å². The van der Waals surface area contributed by atoms with Crippen LogP contribution in [0.5, 0.6) is 11.5 Å². The fourth-order valence-corrected chi connectivity index (χ4v) is 8.49. The minimum Gasteiger partial charge on any atom is -0.506 e. The molecule has 4 aromatic heterocycles. The molecule has 0 unspecified atom stereocenters. The summed E-state index contributed by atoms with van der Waals surface area (Å²) in [7, 11) is 3.60. The Labute approximate surface area is 392 Å². The van der Waals surface area contributed by atoms with Gasteiger partial charge in [-0.3, -0.25) is 19.0 Å². The number of carbonyl (C=O) groups is 3. The van der Waals surface area contributed by atoms with E-state index < -0.39 is 17.4 Å². The first kappa shape index (κ1) is 45.6. The van der Waals surface area contributed by atoms with Gasteiger partial charge in [0.15, 0.2) is 6.61 Å². The third-order valence-electron chi connectivity index (χ3n) is 12.0. The minimum atomic E-state index is -0.537. The molecule has 2 aromatic carbocycles. The number of fused-ring (bicyclic) bond motifs is 2. The van der Waals surface area contributed by atoms with E-state index in [1.54, 1.807) is 53.2 Å². The van der Waals surface area contributed by atoms with Crippen LogP contribution in [-0.2, 0) is 18.8 Å². The number of phenols is 1. The fourth-order valence-electron chi connectivity index (χ4n) is 8.49. The van der Waals surface area contributed by atoms with Gasteiger partial charge in [0.25, 0.3) is 11.8 Å². The van der Waals surface area contributed by atoms with Gasteiger partial charge >= 0.3 is 6.09 Å². The van der Waals surface area contributed by atoms with E-state index in [-0.39, 0.29) is 47.6 Å². The van der Waals surface area contributed by atoms with Crippen molar-refractivity contribution in [2.75, 3.05) is 53.2 Å². The van der Waals surface area contributed by atoms with Gasteiger partial charge in [-0.2, -0.15) is 15.5 Å². The van der Waals surface area contributed by atoms with Crippen LogP contribution in [0, 0.1) is 11.3 Å². The standard InChI is InChI=1S/C25H31N7O4.C22H24N8O2/c1-25(2,3)36-24(35)32(16-5-6-16)17-7-8-31(14-17)22-12-26-20(11-27-22)23(34)28-19-9-15-13-30(4)29-18(15)10-21(19)33;1-29-12-14-8-18(20(32-7-5-23)9-17(14)28-29)27-22(31)19-10-25-21(11-24-19)30-6-4-16(13-30)26-15-2-3-15/h9-13,16-17,33H,5-8,14H2,1-4H3,(H,28,34);8-12,15-16,26H,2-4,6-7,13H2,1H3,(H,27,31)/t17-;16-/m11/s1. The number of aryl methyl sites for hydroxylation is 2. The molecule has 4 aliphatic rings. The highest BCUT2D eigenvalue weighted by molar-refractivity contribution is 6.05. The van der Waals surface area contributed by atoms with Gasteiger partial charge in [0, 0.05) is 93.7 Å². The van der Waals surface area contributed by atoms with Crippen LogP contribution in [0.1, 0.15) is 80.3 Å². The van der Waals surface area contributed by atoms with Gasteiger partial charge < -0.3 is 45.2 Å². The van der Waals surface area contributed by atoms with Crippen LogP contribution in [0.4, 0.5) is 27.8 Å². The van der Waals surface area contributed by atoms with E-state index in [1.165, 1.54) is 31.3 Å². The maximum atomic E-state index is 12.8. The topological polar surface area (TPSA) is 247 Å². The summed E-state index contributed by atoms with van der Waals surface area (Å²) in [6.07, 6.45) is 16.0. The van der Waals surface area contributed by atoms with Crippen molar-refractivity contribution in [3.8, 4) is 17.6 Å². The Bertz CT molecular complexity index is 2860. The molecule has 2 aliphatic carbocycles. The first-order chi connectivity index (χ1) is 32.7. The number of hydrogen-bond acceptors (Lipinski definition) is 16. The molecule has 10 rings (SSSR count). The van der Waals surface area contributed by atoms with Crippen LogP contribution >= 0.6 is 0 Å². The molecule has 2 saturated carbocycles. The molecule has 0 spiro atoms. The molecule has 0 bridgehead atoms. The number of nitrogens with zero attached hydrogens (tertiary/aromatic N) is 12. The molecular formula is C47H55N15O6. The zero-order valence-electron chi connectivity index (χ0n) is 38.7. The van der Waals surface area contributed by atoms with Crippen molar-refractivity contribution in [3.63, 3.8) is 0 Å². The Morgan fingerprint density at radius 3 is 1.91 bits per heavy atom. The Hall–Kier alpha value is -7.60. The predicted molar refractivity (Wildman–Crippen MR) is 253 cm³/mol. The second-order valence-corrected chi connectivity index (χ2v) is 18.7. The number of ether oxygens (including phenoxy) is 2. The summed E-state index contributed by atoms with van der Waals surface area (Å²) < 4.78 is 14.5. The summed E-state index contributed by atoms with van der Waals surface area (Å²) in [6, 6.07) is 10.0. The SMILES string of the molecule is Cn1cc2cc(NC(=O)c3cnc(N4CC[C@@H](N(C(=O)OC(C)(C)C)C5CC5)C4)cn3)c(O)cc2n1.Cn1cc2cc(NC(=O)c3cnc(N4CC[C@@H](NC5CC5)C4)cn3)c(OCC#N)cc2n1. The quantitative estimate of drug-likeness (QED) is 0.116. The summed E-state index contributed by atoms with van der Waals surface area (Å²) in [5.74, 6) is 0.847. The van der Waals surface area contributed by atoms with E-state index in [2.05, 4.69) is 55.9 Å². The number of carbonyl (C=O) groups excluding carboxylic acids is 3. The lowest BCUT2D eigenvalue weighted by atomic mass is 10.2. The molecule has 4 N–H and O–H groups in total. The number of hydrogen-bond donors (Lipinski definition) is 4. The maximum Gasteiger partial charge on any atom is 0.410 e. The summed E-state index contributed by atoms with van der Waals surface area (Å²) in [6.45, 7) is 8.69. The molecule has 2 atom stereocenters. The number of rotatable bonds is 12. The molecule has 4 fully saturated rings. The number of nitriles is 1. The Morgan fingerprint density at radius 1 is 0.750 bits per heavy atom. The summed E-state index contributed by atoms with van der Waals surface area (Å²) in [5.41, 5.74) is 1.87. The molecule has 6 aromatic rings. The molecule has 0 radical (unpaired) electrons. The second-order valence-electron chi connectivity index (χ2n) is 18.7. The molecule has 2 aliphatic heterocycles. The smallest absolute Gasteiger partial charge is 0.410 e. The molecule has 354 valence electrons. The molecular weight excluding hydrogens is 871 g/mol. The van der Waals surface area contributed by atoms with Gasteiger partial charge in [-0.1, -0.05) is 0 Å². The van der Waals surface area contributed by atoms with E-state index in [0.717, 1.165) is 61.9 Å². The van der Waals surface area contributed by atoms with Gasteiger partial charge in [0.1, 0.15) is 46.2 Å². The van der Waals surface area contributed by atoms with Crippen molar-refractivity contribution in [1.29, 1.82) is 5.26 Å². The van der Waals surface area contributed by atoms with Crippen molar-refractivity contribution >= 4 is 62.7 Å². The number of nitrogens with one attached hydrogen (secondary N) is 3. The predicted octanol–water partition coefficient (Wildman–Crippen LogP) is 5.15. The van der Waals surface area contributed by atoms with Crippen LogP contribution in [-0.4, -0.2) is 130 Å². The van der Waals surface area contributed by atoms with Gasteiger partial charge in [-0.15, -0.1) is 0 Å². The third-order valence-corrected chi connectivity index (χ3v) is 12.0. The van der Waals surface area contributed by atoms with Crippen LogP contribution in [0.15, 0.2) is 61.4 Å². The summed E-state index contributed by atoms with van der Waals surface area (Å²) in [5, 5.41) is 38.5. The number of aromatic nitrogens is 8. The largest absolute Gasteiger partial charge is 0.506 e. The number of phenolic OH excluding ortho intramolecular Hbond substituents is 1. The number of aromatic hydroxyl groups is 1. The first-order valence-corrected chi connectivity index (χ1v) is 22.8. The molecule has 2 saturated heterocycles. The zero-order valence-corrected chi connectivity index (χ0v) is 38.7. The number of amides is 3. The van der Waals surface area contributed by atoms with Crippen LogP contribution in [0.2, 0.25) is 0 Å². The first-order valence-electron chi connectivity index (χ1n) is 22.8. The van der Waals surface area contributed by atoms with E-state index in [1.807, 2.05) is 45.0 Å². The fraction of sp³-hybridized carbons (Fsp3) is 0.447. The lowest BCUT2D eigenvalue weighted by Crippen LogP contribution is -2.46.